The fraction of sp³-hybridized carbons (Fsp3) is 0.200. The van der Waals surface area contributed by atoms with E-state index in [4.69, 9.17) is 4.74 Å². The monoisotopic (exact) mass is 501 g/mol. The van der Waals surface area contributed by atoms with Crippen LogP contribution in [0, 0.1) is 0 Å². The lowest BCUT2D eigenvalue weighted by molar-refractivity contribution is 0.305. The summed E-state index contributed by atoms with van der Waals surface area (Å²) in [6.07, 6.45) is 13.0. The van der Waals surface area contributed by atoms with Crippen LogP contribution in [0.15, 0.2) is 79.5 Å². The summed E-state index contributed by atoms with van der Waals surface area (Å²) < 4.78 is 6.00. The minimum absolute atomic E-state index is 0.490. The molecule has 1 aromatic carbocycles. The van der Waals surface area contributed by atoms with Gasteiger partial charge in [-0.15, -0.1) is 0 Å². The minimum atomic E-state index is 0.490. The van der Waals surface area contributed by atoms with Crippen LogP contribution in [0.5, 0.6) is 5.75 Å². The molecule has 0 atom stereocenters. The highest BCUT2D eigenvalue weighted by molar-refractivity contribution is 5.99. The van der Waals surface area contributed by atoms with Crippen molar-refractivity contribution in [2.75, 3.05) is 18.0 Å². The molecule has 1 aliphatic rings. The quantitative estimate of drug-likeness (QED) is 0.285. The number of benzene rings is 1. The second kappa shape index (κ2) is 9.63. The Balaban J connectivity index is 1.22. The molecule has 1 saturated heterocycles. The molecule has 0 spiro atoms. The van der Waals surface area contributed by atoms with Crippen molar-refractivity contribution >= 4 is 27.6 Å². The maximum atomic E-state index is 6.00. The largest absolute Gasteiger partial charge is 0.487 e. The fourth-order valence-corrected chi connectivity index (χ4v) is 5.22. The van der Waals surface area contributed by atoms with E-state index < -0.39 is 0 Å². The average molecular weight is 502 g/mol. The Labute approximate surface area is 219 Å². The molecule has 6 heterocycles. The SMILES string of the molecule is c1ccc(COc2cncc(-c3cnc4n[nH]c(-c5cc6c(N7CCCCC7)cncc6[nH]5)c4c3)c2)cc1. The summed E-state index contributed by atoms with van der Waals surface area (Å²) in [5.74, 6) is 0.715. The molecule has 1 aliphatic heterocycles. The first kappa shape index (κ1) is 22.5. The maximum Gasteiger partial charge on any atom is 0.181 e. The lowest BCUT2D eigenvalue weighted by Gasteiger charge is -2.28. The number of nitrogens with one attached hydrogen (secondary N) is 2. The number of aromatic amines is 2. The Morgan fingerprint density at radius 2 is 1.66 bits per heavy atom. The summed E-state index contributed by atoms with van der Waals surface area (Å²) in [7, 11) is 0. The normalized spacial score (nSPS) is 13.8. The first-order valence-corrected chi connectivity index (χ1v) is 13.0. The van der Waals surface area contributed by atoms with Crippen molar-refractivity contribution in [3.8, 4) is 28.3 Å². The van der Waals surface area contributed by atoms with E-state index in [0.717, 1.165) is 52.1 Å². The number of rotatable bonds is 6. The topological polar surface area (TPSA) is 95.6 Å². The molecule has 8 heteroatoms. The summed E-state index contributed by atoms with van der Waals surface area (Å²) >= 11 is 0. The maximum absolute atomic E-state index is 6.00. The van der Waals surface area contributed by atoms with Crippen LogP contribution in [0.1, 0.15) is 24.8 Å². The third-order valence-corrected chi connectivity index (χ3v) is 7.20. The molecule has 38 heavy (non-hydrogen) atoms. The number of hydrogen-bond donors (Lipinski definition) is 2. The van der Waals surface area contributed by atoms with Gasteiger partial charge in [0, 0.05) is 47.4 Å². The third kappa shape index (κ3) is 4.24. The smallest absolute Gasteiger partial charge is 0.181 e. The Morgan fingerprint density at radius 1 is 0.816 bits per heavy atom. The number of ether oxygens (including phenoxy) is 1. The van der Waals surface area contributed by atoms with Gasteiger partial charge in [0.1, 0.15) is 12.4 Å². The highest BCUT2D eigenvalue weighted by atomic mass is 16.5. The molecule has 5 aromatic heterocycles. The van der Waals surface area contributed by atoms with Gasteiger partial charge in [0.05, 0.1) is 41.2 Å². The molecule has 0 unspecified atom stereocenters. The number of H-pyrrole nitrogens is 2. The summed E-state index contributed by atoms with van der Waals surface area (Å²) in [6.45, 7) is 2.64. The molecule has 0 aliphatic carbocycles. The predicted molar refractivity (Wildman–Crippen MR) is 149 cm³/mol. The Hall–Kier alpha value is -4.72. The van der Waals surface area contributed by atoms with Crippen molar-refractivity contribution in [2.24, 2.45) is 0 Å². The van der Waals surface area contributed by atoms with Crippen LogP contribution in [-0.2, 0) is 6.61 Å². The van der Waals surface area contributed by atoms with E-state index in [1.165, 1.54) is 30.3 Å². The molecule has 0 bridgehead atoms. The number of anilines is 1. The summed E-state index contributed by atoms with van der Waals surface area (Å²) in [4.78, 5) is 19.5. The predicted octanol–water partition coefficient (Wildman–Crippen LogP) is 6.13. The lowest BCUT2D eigenvalue weighted by Crippen LogP contribution is -2.29. The summed E-state index contributed by atoms with van der Waals surface area (Å²) in [5, 5.41) is 9.79. The molecular weight excluding hydrogens is 474 g/mol. The van der Waals surface area contributed by atoms with Crippen molar-refractivity contribution in [1.82, 2.24) is 30.1 Å². The van der Waals surface area contributed by atoms with Crippen LogP contribution in [-0.4, -0.2) is 43.2 Å². The van der Waals surface area contributed by atoms with Crippen LogP contribution in [0.4, 0.5) is 5.69 Å². The van der Waals surface area contributed by atoms with E-state index in [2.05, 4.69) is 47.2 Å². The average Bonchev–Trinajstić information content (AvgIpc) is 3.61. The van der Waals surface area contributed by atoms with Crippen LogP contribution < -0.4 is 9.64 Å². The summed E-state index contributed by atoms with van der Waals surface area (Å²) in [5.41, 5.74) is 7.73. The zero-order chi connectivity index (χ0) is 25.3. The molecule has 8 nitrogen and oxygen atoms in total. The zero-order valence-electron chi connectivity index (χ0n) is 20.9. The Kier molecular flexibility index (Phi) is 5.69. The van der Waals surface area contributed by atoms with Gasteiger partial charge in [0.25, 0.3) is 0 Å². The fourth-order valence-electron chi connectivity index (χ4n) is 5.22. The number of nitrogens with zero attached hydrogens (tertiary/aromatic N) is 5. The van der Waals surface area contributed by atoms with Crippen LogP contribution in [0.25, 0.3) is 44.5 Å². The van der Waals surface area contributed by atoms with E-state index in [-0.39, 0.29) is 0 Å². The van der Waals surface area contributed by atoms with E-state index in [1.54, 1.807) is 6.20 Å². The Morgan fingerprint density at radius 3 is 2.55 bits per heavy atom. The first-order chi connectivity index (χ1) is 18.8. The molecule has 7 rings (SSSR count). The van der Waals surface area contributed by atoms with Crippen LogP contribution in [0.2, 0.25) is 0 Å². The van der Waals surface area contributed by atoms with Gasteiger partial charge in [0.2, 0.25) is 0 Å². The van der Waals surface area contributed by atoms with Gasteiger partial charge >= 0.3 is 0 Å². The van der Waals surface area contributed by atoms with Gasteiger partial charge < -0.3 is 14.6 Å². The van der Waals surface area contributed by atoms with Crippen molar-refractivity contribution in [2.45, 2.75) is 25.9 Å². The second-order valence-electron chi connectivity index (χ2n) is 9.73. The highest BCUT2D eigenvalue weighted by Crippen LogP contribution is 2.34. The van der Waals surface area contributed by atoms with Gasteiger partial charge in [-0.3, -0.25) is 15.1 Å². The first-order valence-electron chi connectivity index (χ1n) is 13.0. The van der Waals surface area contributed by atoms with Crippen LogP contribution in [0.3, 0.4) is 0 Å². The van der Waals surface area contributed by atoms with E-state index >= 15 is 0 Å². The van der Waals surface area contributed by atoms with Crippen molar-refractivity contribution < 1.29 is 4.74 Å². The van der Waals surface area contributed by atoms with Crippen molar-refractivity contribution in [3.05, 3.63) is 85.1 Å². The van der Waals surface area contributed by atoms with E-state index in [9.17, 15) is 0 Å². The number of piperidine rings is 1. The van der Waals surface area contributed by atoms with Crippen LogP contribution >= 0.6 is 0 Å². The molecule has 6 aromatic rings. The molecule has 1 fully saturated rings. The standard InChI is InChI=1S/C30H27N7O/c1-3-7-20(8-4-1)19-38-23-11-21(14-31-16-23)22-12-25-29(35-36-30(25)33-15-22)26-13-24-27(34-26)17-32-18-28(24)37-9-5-2-6-10-37/h1,3-4,7-8,11-18,34H,2,5-6,9-10,19H2,(H,33,35,36). The molecular formula is C30H27N7O. The number of aromatic nitrogens is 6. The van der Waals surface area contributed by atoms with Crippen molar-refractivity contribution in [1.29, 1.82) is 0 Å². The molecule has 0 saturated carbocycles. The van der Waals surface area contributed by atoms with E-state index in [1.807, 2.05) is 61.2 Å². The van der Waals surface area contributed by atoms with Gasteiger partial charge in [-0.25, -0.2) is 4.98 Å². The molecule has 188 valence electrons. The number of pyridine rings is 3. The molecule has 2 N–H and O–H groups in total. The van der Waals surface area contributed by atoms with Crippen molar-refractivity contribution in [3.63, 3.8) is 0 Å². The summed E-state index contributed by atoms with van der Waals surface area (Å²) in [6, 6.07) is 16.4. The number of fused-ring (bicyclic) bond motifs is 2. The highest BCUT2D eigenvalue weighted by Gasteiger charge is 2.18. The minimum Gasteiger partial charge on any atom is -0.487 e. The number of hydrogen-bond acceptors (Lipinski definition) is 6. The van der Waals surface area contributed by atoms with Gasteiger partial charge in [-0.05, 0) is 43.0 Å². The Bertz CT molecular complexity index is 1720. The molecule has 0 radical (unpaired) electrons. The second-order valence-corrected chi connectivity index (χ2v) is 9.73. The van der Waals surface area contributed by atoms with Gasteiger partial charge in [-0.2, -0.15) is 5.10 Å². The van der Waals surface area contributed by atoms with E-state index in [0.29, 0.717) is 18.0 Å². The zero-order valence-corrected chi connectivity index (χ0v) is 20.9. The molecule has 0 amide bonds. The third-order valence-electron chi connectivity index (χ3n) is 7.20. The van der Waals surface area contributed by atoms with Gasteiger partial charge in [-0.1, -0.05) is 30.3 Å². The lowest BCUT2D eigenvalue weighted by atomic mass is 10.1. The van der Waals surface area contributed by atoms with Gasteiger partial charge in [0.15, 0.2) is 5.65 Å².